The van der Waals surface area contributed by atoms with Crippen LogP contribution < -0.4 is 0 Å². The summed E-state index contributed by atoms with van der Waals surface area (Å²) >= 11 is 0. The van der Waals surface area contributed by atoms with Gasteiger partial charge >= 0.3 is 0 Å². The van der Waals surface area contributed by atoms with Crippen LogP contribution in [0.5, 0.6) is 0 Å². The van der Waals surface area contributed by atoms with Crippen LogP contribution in [-0.2, 0) is 0 Å². The zero-order valence-electron chi connectivity index (χ0n) is 13.2. The van der Waals surface area contributed by atoms with Gasteiger partial charge in [-0.15, -0.1) is 0 Å². The largest absolute Gasteiger partial charge is 0.303 e. The lowest BCUT2D eigenvalue weighted by molar-refractivity contribution is 0.0981. The van der Waals surface area contributed by atoms with Crippen LogP contribution >= 0.6 is 0 Å². The molecule has 114 valence electrons. The fraction of sp³-hybridized carbons (Fsp3) is 0.263. The van der Waals surface area contributed by atoms with E-state index < -0.39 is 0 Å². The van der Waals surface area contributed by atoms with E-state index in [1.807, 2.05) is 62.6 Å². The smallest absolute Gasteiger partial charge is 0.162 e. The minimum atomic E-state index is 0.192. The molecule has 3 heteroatoms. The first-order chi connectivity index (χ1) is 10.7. The molecule has 0 atom stereocenters. The van der Waals surface area contributed by atoms with Gasteiger partial charge in [0.15, 0.2) is 5.78 Å². The molecule has 0 N–H and O–H groups in total. The Morgan fingerprint density at radius 1 is 0.864 bits per heavy atom. The lowest BCUT2D eigenvalue weighted by Gasteiger charge is -2.11. The van der Waals surface area contributed by atoms with Crippen molar-refractivity contribution in [2.24, 2.45) is 5.10 Å². The summed E-state index contributed by atoms with van der Waals surface area (Å²) in [7, 11) is 3.83. The van der Waals surface area contributed by atoms with Crippen LogP contribution in [0.3, 0.4) is 0 Å². The maximum atomic E-state index is 12.1. The van der Waals surface area contributed by atoms with Crippen molar-refractivity contribution in [3.8, 4) is 0 Å². The summed E-state index contributed by atoms with van der Waals surface area (Å²) in [5.74, 6) is 0.192. The maximum Gasteiger partial charge on any atom is 0.162 e. The Labute approximate surface area is 132 Å². The number of hydrogen-bond acceptors (Lipinski definition) is 3. The predicted molar refractivity (Wildman–Crippen MR) is 91.3 cm³/mol. The SMILES string of the molecule is CN(C)N=C(CCCC(=O)c1ccccc1)c1ccccc1. The van der Waals surface area contributed by atoms with Crippen LogP contribution in [0.25, 0.3) is 0 Å². The second-order valence-electron chi connectivity index (χ2n) is 5.40. The van der Waals surface area contributed by atoms with Gasteiger partial charge in [-0.2, -0.15) is 5.10 Å². The van der Waals surface area contributed by atoms with Crippen molar-refractivity contribution in [1.82, 2.24) is 5.01 Å². The van der Waals surface area contributed by atoms with Crippen molar-refractivity contribution in [2.75, 3.05) is 14.1 Å². The van der Waals surface area contributed by atoms with E-state index in [2.05, 4.69) is 17.2 Å². The van der Waals surface area contributed by atoms with Crippen LogP contribution in [-0.4, -0.2) is 30.6 Å². The number of nitrogens with zero attached hydrogens (tertiary/aromatic N) is 2. The molecule has 0 aliphatic heterocycles. The molecular formula is C19H22N2O. The fourth-order valence-corrected chi connectivity index (χ4v) is 2.31. The molecule has 0 heterocycles. The number of hydrazone groups is 1. The van der Waals surface area contributed by atoms with Gasteiger partial charge in [0.25, 0.3) is 0 Å². The molecule has 0 spiro atoms. The summed E-state index contributed by atoms with van der Waals surface area (Å²) in [5, 5.41) is 6.36. The Kier molecular flexibility index (Phi) is 5.90. The molecule has 2 aromatic carbocycles. The van der Waals surface area contributed by atoms with E-state index in [0.717, 1.165) is 29.7 Å². The van der Waals surface area contributed by atoms with Crippen molar-refractivity contribution < 1.29 is 4.79 Å². The Morgan fingerprint density at radius 3 is 1.95 bits per heavy atom. The molecule has 3 nitrogen and oxygen atoms in total. The molecule has 0 fully saturated rings. The maximum absolute atomic E-state index is 12.1. The molecule has 0 aromatic heterocycles. The molecular weight excluding hydrogens is 272 g/mol. The molecule has 0 saturated heterocycles. The molecule has 2 rings (SSSR count). The standard InChI is InChI=1S/C19H22N2O/c1-21(2)20-18(16-10-5-3-6-11-16)14-9-15-19(22)17-12-7-4-8-13-17/h3-8,10-13H,9,14-15H2,1-2H3. The first kappa shape index (κ1) is 16.0. The van der Waals surface area contributed by atoms with E-state index in [4.69, 9.17) is 0 Å². The summed E-state index contributed by atoms with van der Waals surface area (Å²) in [6, 6.07) is 19.6. The van der Waals surface area contributed by atoms with Gasteiger partial charge in [0, 0.05) is 26.1 Å². The van der Waals surface area contributed by atoms with Crippen LogP contribution in [0.4, 0.5) is 0 Å². The third-order valence-corrected chi connectivity index (χ3v) is 3.34. The minimum Gasteiger partial charge on any atom is -0.303 e. The number of carbonyl (C=O) groups is 1. The van der Waals surface area contributed by atoms with Crippen molar-refractivity contribution in [3.05, 3.63) is 71.8 Å². The fourth-order valence-electron chi connectivity index (χ4n) is 2.31. The molecule has 0 bridgehead atoms. The van der Waals surface area contributed by atoms with E-state index >= 15 is 0 Å². The molecule has 0 aliphatic rings. The Balaban J connectivity index is 1.97. The van der Waals surface area contributed by atoms with E-state index in [-0.39, 0.29) is 5.78 Å². The monoisotopic (exact) mass is 294 g/mol. The second-order valence-corrected chi connectivity index (χ2v) is 5.40. The van der Waals surface area contributed by atoms with Gasteiger partial charge in [0.05, 0.1) is 5.71 Å². The van der Waals surface area contributed by atoms with Crippen LogP contribution in [0.15, 0.2) is 65.8 Å². The van der Waals surface area contributed by atoms with E-state index in [1.54, 1.807) is 5.01 Å². The van der Waals surface area contributed by atoms with E-state index in [9.17, 15) is 4.79 Å². The summed E-state index contributed by atoms with van der Waals surface area (Å²) in [5.41, 5.74) is 2.92. The lowest BCUT2D eigenvalue weighted by atomic mass is 10.0. The van der Waals surface area contributed by atoms with E-state index in [0.29, 0.717) is 6.42 Å². The highest BCUT2D eigenvalue weighted by atomic mass is 16.1. The van der Waals surface area contributed by atoms with Crippen molar-refractivity contribution in [3.63, 3.8) is 0 Å². The van der Waals surface area contributed by atoms with E-state index in [1.165, 1.54) is 0 Å². The summed E-state index contributed by atoms with van der Waals surface area (Å²) in [4.78, 5) is 12.1. The average molecular weight is 294 g/mol. The zero-order chi connectivity index (χ0) is 15.8. The first-order valence-electron chi connectivity index (χ1n) is 7.55. The van der Waals surface area contributed by atoms with Gasteiger partial charge < -0.3 is 5.01 Å². The molecule has 22 heavy (non-hydrogen) atoms. The minimum absolute atomic E-state index is 0.192. The van der Waals surface area contributed by atoms with Crippen LogP contribution in [0.2, 0.25) is 0 Å². The molecule has 0 unspecified atom stereocenters. The molecule has 0 radical (unpaired) electrons. The summed E-state index contributed by atoms with van der Waals surface area (Å²) < 4.78 is 0. The average Bonchev–Trinajstić information content (AvgIpc) is 2.55. The van der Waals surface area contributed by atoms with Crippen molar-refractivity contribution in [2.45, 2.75) is 19.3 Å². The summed E-state index contributed by atoms with van der Waals surface area (Å²) in [6.07, 6.45) is 2.14. The third kappa shape index (κ3) is 4.85. The normalized spacial score (nSPS) is 11.3. The quantitative estimate of drug-likeness (QED) is 0.439. The predicted octanol–water partition coefficient (Wildman–Crippen LogP) is 4.01. The molecule has 2 aromatic rings. The number of hydrogen-bond donors (Lipinski definition) is 0. The van der Waals surface area contributed by atoms with Crippen LogP contribution in [0, 0.1) is 0 Å². The summed E-state index contributed by atoms with van der Waals surface area (Å²) in [6.45, 7) is 0. The highest BCUT2D eigenvalue weighted by Crippen LogP contribution is 2.12. The van der Waals surface area contributed by atoms with Gasteiger partial charge in [0.2, 0.25) is 0 Å². The molecule has 0 amide bonds. The number of benzene rings is 2. The second kappa shape index (κ2) is 8.13. The van der Waals surface area contributed by atoms with Gasteiger partial charge in [-0.3, -0.25) is 4.79 Å². The van der Waals surface area contributed by atoms with Crippen LogP contribution in [0.1, 0.15) is 35.2 Å². The lowest BCUT2D eigenvalue weighted by Crippen LogP contribution is -2.11. The zero-order valence-corrected chi connectivity index (χ0v) is 13.2. The topological polar surface area (TPSA) is 32.7 Å². The third-order valence-electron chi connectivity index (χ3n) is 3.34. The van der Waals surface area contributed by atoms with Gasteiger partial charge in [0.1, 0.15) is 0 Å². The highest BCUT2D eigenvalue weighted by Gasteiger charge is 2.08. The highest BCUT2D eigenvalue weighted by molar-refractivity contribution is 6.01. The Bertz CT molecular complexity index is 618. The first-order valence-corrected chi connectivity index (χ1v) is 7.55. The van der Waals surface area contributed by atoms with Crippen molar-refractivity contribution >= 4 is 11.5 Å². The number of Topliss-reactive ketones (excluding diaryl/α,β-unsaturated/α-hetero) is 1. The number of rotatable bonds is 7. The number of ketones is 1. The van der Waals surface area contributed by atoms with Crippen molar-refractivity contribution in [1.29, 1.82) is 0 Å². The molecule has 0 aliphatic carbocycles. The number of carbonyl (C=O) groups excluding carboxylic acids is 1. The Morgan fingerprint density at radius 2 is 1.41 bits per heavy atom. The Hall–Kier alpha value is -2.42. The molecule has 0 saturated carbocycles. The van der Waals surface area contributed by atoms with Gasteiger partial charge in [-0.1, -0.05) is 60.7 Å². The van der Waals surface area contributed by atoms with Gasteiger partial charge in [-0.25, -0.2) is 0 Å². The van der Waals surface area contributed by atoms with Gasteiger partial charge in [-0.05, 0) is 18.4 Å².